The largest absolute Gasteiger partial charge is 0.325 e. The van der Waals surface area contributed by atoms with Crippen molar-refractivity contribution in [2.24, 2.45) is 28.5 Å². The van der Waals surface area contributed by atoms with Crippen molar-refractivity contribution < 1.29 is 0 Å². The van der Waals surface area contributed by atoms with E-state index in [1.807, 2.05) is 6.92 Å². The lowest BCUT2D eigenvalue weighted by Crippen LogP contribution is -2.67. The van der Waals surface area contributed by atoms with Crippen molar-refractivity contribution in [3.8, 4) is 0 Å². The molecule has 2 aliphatic rings. The molecule has 2 aliphatic carbocycles. The Hall–Kier alpha value is -0.120. The molecule has 6 N–H and O–H groups in total. The van der Waals surface area contributed by atoms with Crippen molar-refractivity contribution >= 4 is 0 Å². The van der Waals surface area contributed by atoms with E-state index in [0.29, 0.717) is 0 Å². The molecule has 0 aliphatic heterocycles. The maximum absolute atomic E-state index is 6.09. The topological polar surface area (TPSA) is 78.1 Å². The van der Waals surface area contributed by atoms with Crippen LogP contribution in [-0.2, 0) is 0 Å². The Morgan fingerprint density at radius 1 is 1.33 bits per heavy atom. The second kappa shape index (κ2) is 2.22. The smallest absolute Gasteiger partial charge is 0.0849 e. The first kappa shape index (κ1) is 8.48. The molecule has 0 radical (unpaired) electrons. The van der Waals surface area contributed by atoms with Crippen molar-refractivity contribution in [2.75, 3.05) is 0 Å². The van der Waals surface area contributed by atoms with Gasteiger partial charge in [-0.3, -0.25) is 0 Å². The van der Waals surface area contributed by atoms with Crippen LogP contribution in [0.1, 0.15) is 32.6 Å². The number of hydrogen-bond donors (Lipinski definition) is 3. The summed E-state index contributed by atoms with van der Waals surface area (Å²) in [7, 11) is 0. The minimum atomic E-state index is -0.631. The third kappa shape index (κ3) is 0.934. The Bertz CT molecular complexity index is 188. The lowest BCUT2D eigenvalue weighted by atomic mass is 9.81. The zero-order chi connectivity index (χ0) is 8.98. The minimum Gasteiger partial charge on any atom is -0.325 e. The summed E-state index contributed by atoms with van der Waals surface area (Å²) in [6.45, 7) is 1.92. The van der Waals surface area contributed by atoms with Crippen LogP contribution in [0.5, 0.6) is 0 Å². The summed E-state index contributed by atoms with van der Waals surface area (Å²) >= 11 is 0. The molecule has 0 amide bonds. The van der Waals surface area contributed by atoms with E-state index in [2.05, 4.69) is 0 Å². The van der Waals surface area contributed by atoms with E-state index in [1.165, 1.54) is 25.7 Å². The molecule has 0 aromatic rings. The molecule has 2 fully saturated rings. The molecule has 2 rings (SSSR count). The van der Waals surface area contributed by atoms with Gasteiger partial charge in [0.2, 0.25) is 0 Å². The monoisotopic (exact) mass is 169 g/mol. The van der Waals surface area contributed by atoms with Crippen molar-refractivity contribution in [3.05, 3.63) is 0 Å². The fraction of sp³-hybridized carbons (Fsp3) is 1.00. The maximum atomic E-state index is 6.09. The average molecular weight is 169 g/mol. The highest BCUT2D eigenvalue weighted by Gasteiger charge is 2.64. The van der Waals surface area contributed by atoms with Crippen LogP contribution in [0.2, 0.25) is 0 Å². The van der Waals surface area contributed by atoms with E-state index in [-0.39, 0.29) is 11.5 Å². The van der Waals surface area contributed by atoms with Gasteiger partial charge in [0.15, 0.2) is 0 Å². The molecule has 0 heterocycles. The van der Waals surface area contributed by atoms with Crippen LogP contribution in [0.25, 0.3) is 0 Å². The average Bonchev–Trinajstić information content (AvgIpc) is 2.82. The maximum Gasteiger partial charge on any atom is 0.0849 e. The van der Waals surface area contributed by atoms with Gasteiger partial charge in [0, 0.05) is 11.5 Å². The highest BCUT2D eigenvalue weighted by atomic mass is 15.1. The van der Waals surface area contributed by atoms with Gasteiger partial charge in [0.05, 0.1) is 5.66 Å². The van der Waals surface area contributed by atoms with Gasteiger partial charge in [0.25, 0.3) is 0 Å². The predicted molar refractivity (Wildman–Crippen MR) is 49.1 cm³/mol. The van der Waals surface area contributed by atoms with Gasteiger partial charge in [-0.2, -0.15) is 0 Å². The molecule has 0 spiro atoms. The third-order valence-corrected chi connectivity index (χ3v) is 3.76. The fourth-order valence-electron chi connectivity index (χ4n) is 2.42. The Morgan fingerprint density at radius 2 is 1.83 bits per heavy atom. The van der Waals surface area contributed by atoms with Crippen LogP contribution in [0.4, 0.5) is 0 Å². The van der Waals surface area contributed by atoms with Gasteiger partial charge in [-0.25, -0.2) is 0 Å². The molecule has 0 bridgehead atoms. The molecular formula is C9H19N3. The van der Waals surface area contributed by atoms with Crippen molar-refractivity contribution in [1.82, 2.24) is 0 Å². The Balaban J connectivity index is 2.15. The number of rotatable bonds is 3. The fourth-order valence-corrected chi connectivity index (χ4v) is 2.42. The van der Waals surface area contributed by atoms with E-state index in [4.69, 9.17) is 17.2 Å². The Kier molecular flexibility index (Phi) is 1.57. The van der Waals surface area contributed by atoms with Gasteiger partial charge in [0.1, 0.15) is 0 Å². The summed E-state index contributed by atoms with van der Waals surface area (Å²) in [5, 5.41) is 0. The molecule has 1 atom stereocenters. The summed E-state index contributed by atoms with van der Waals surface area (Å²) in [5.74, 6) is 0.776. The van der Waals surface area contributed by atoms with Crippen LogP contribution in [0, 0.1) is 11.3 Å². The Labute approximate surface area is 73.7 Å². The van der Waals surface area contributed by atoms with E-state index in [1.54, 1.807) is 0 Å². The molecule has 12 heavy (non-hydrogen) atoms. The normalized spacial score (nSPS) is 30.0. The lowest BCUT2D eigenvalue weighted by molar-refractivity contribution is 0.188. The molecular weight excluding hydrogens is 150 g/mol. The van der Waals surface area contributed by atoms with Crippen LogP contribution in [0.15, 0.2) is 0 Å². The zero-order valence-electron chi connectivity index (χ0n) is 7.72. The van der Waals surface area contributed by atoms with Crippen LogP contribution in [-0.4, -0.2) is 11.7 Å². The van der Waals surface area contributed by atoms with Gasteiger partial charge < -0.3 is 17.2 Å². The zero-order valence-corrected chi connectivity index (χ0v) is 7.72. The molecule has 3 nitrogen and oxygen atoms in total. The van der Waals surface area contributed by atoms with E-state index in [0.717, 1.165) is 5.92 Å². The van der Waals surface area contributed by atoms with Gasteiger partial charge in [-0.15, -0.1) is 0 Å². The SMILES string of the molecule is CC(N)C(N)(N)C1(C2CC2)CC1. The van der Waals surface area contributed by atoms with Crippen LogP contribution >= 0.6 is 0 Å². The van der Waals surface area contributed by atoms with E-state index >= 15 is 0 Å². The van der Waals surface area contributed by atoms with Gasteiger partial charge in [-0.05, 0) is 38.5 Å². The quantitative estimate of drug-likeness (QED) is 0.526. The van der Waals surface area contributed by atoms with Crippen LogP contribution < -0.4 is 17.2 Å². The summed E-state index contributed by atoms with van der Waals surface area (Å²) in [6.07, 6.45) is 4.99. The van der Waals surface area contributed by atoms with Crippen molar-refractivity contribution in [2.45, 2.75) is 44.3 Å². The third-order valence-electron chi connectivity index (χ3n) is 3.76. The predicted octanol–water partition coefficient (Wildman–Crippen LogP) is 0.137. The summed E-state index contributed by atoms with van der Waals surface area (Å²) in [6, 6.07) is -0.0967. The molecule has 2 saturated carbocycles. The van der Waals surface area contributed by atoms with E-state index in [9.17, 15) is 0 Å². The highest BCUT2D eigenvalue weighted by molar-refractivity contribution is 5.17. The number of hydrogen-bond acceptors (Lipinski definition) is 3. The summed E-state index contributed by atoms with van der Waals surface area (Å²) in [4.78, 5) is 0. The molecule has 70 valence electrons. The van der Waals surface area contributed by atoms with Crippen molar-refractivity contribution in [3.63, 3.8) is 0 Å². The highest BCUT2D eigenvalue weighted by Crippen LogP contribution is 2.65. The molecule has 3 heteroatoms. The van der Waals surface area contributed by atoms with Gasteiger partial charge in [-0.1, -0.05) is 0 Å². The van der Waals surface area contributed by atoms with Crippen LogP contribution in [0.3, 0.4) is 0 Å². The first-order chi connectivity index (χ1) is 5.51. The van der Waals surface area contributed by atoms with Gasteiger partial charge >= 0.3 is 0 Å². The second-order valence-corrected chi connectivity index (χ2v) is 4.65. The number of nitrogens with two attached hydrogens (primary N) is 3. The van der Waals surface area contributed by atoms with Crippen molar-refractivity contribution in [1.29, 1.82) is 0 Å². The summed E-state index contributed by atoms with van der Waals surface area (Å²) < 4.78 is 0. The molecule has 0 saturated heterocycles. The standard InChI is InChI=1S/C9H19N3/c1-6(10)9(11,12)8(4-5-8)7-2-3-7/h6-7H,2-5,10-12H2,1H3. The minimum absolute atomic E-state index is 0.0967. The van der Waals surface area contributed by atoms with E-state index < -0.39 is 5.66 Å². The summed E-state index contributed by atoms with van der Waals surface area (Å²) in [5.41, 5.74) is 17.6. The molecule has 0 aromatic heterocycles. The molecule has 0 aromatic carbocycles. The lowest BCUT2D eigenvalue weighted by Gasteiger charge is -2.38. The first-order valence-electron chi connectivity index (χ1n) is 4.84. The second-order valence-electron chi connectivity index (χ2n) is 4.65. The Morgan fingerprint density at radius 3 is 2.08 bits per heavy atom. The molecule has 1 unspecified atom stereocenters. The first-order valence-corrected chi connectivity index (χ1v) is 4.84.